The summed E-state index contributed by atoms with van der Waals surface area (Å²) in [7, 11) is 0. The van der Waals surface area contributed by atoms with Gasteiger partial charge < -0.3 is 19.9 Å². The molecule has 3 N–H and O–H groups in total. The molecule has 0 saturated heterocycles. The first-order valence-electron chi connectivity index (χ1n) is 5.29. The highest BCUT2D eigenvalue weighted by Gasteiger charge is 2.06. The number of fused-ring (bicyclic) bond motifs is 1. The maximum atomic E-state index is 11.3. The van der Waals surface area contributed by atoms with Crippen molar-refractivity contribution in [3.8, 4) is 5.75 Å². The third kappa shape index (κ3) is 2.60. The van der Waals surface area contributed by atoms with Crippen LogP contribution in [0.3, 0.4) is 0 Å². The second-order valence-electron chi connectivity index (χ2n) is 3.75. The summed E-state index contributed by atoms with van der Waals surface area (Å²) in [6.45, 7) is 0.203. The minimum atomic E-state index is -1.11. The Morgan fingerprint density at radius 1 is 1.33 bits per heavy atom. The maximum absolute atomic E-state index is 11.3. The second kappa shape index (κ2) is 4.79. The number of phenols is 1. The Labute approximate surface area is 101 Å². The molecule has 1 aromatic heterocycles. The predicted octanol–water partition coefficient (Wildman–Crippen LogP) is 1.31. The minimum absolute atomic E-state index is 0.00598. The summed E-state index contributed by atoms with van der Waals surface area (Å²) in [5.41, 5.74) is 0.432. The topological polar surface area (TPSA) is 99.8 Å². The van der Waals surface area contributed by atoms with Crippen LogP contribution in [-0.2, 0) is 6.42 Å². The zero-order valence-electron chi connectivity index (χ0n) is 9.34. The van der Waals surface area contributed by atoms with Crippen LogP contribution in [0.4, 0.5) is 4.79 Å². The summed E-state index contributed by atoms with van der Waals surface area (Å²) in [6.07, 6.45) is -0.737. The molecule has 1 aromatic carbocycles. The van der Waals surface area contributed by atoms with Gasteiger partial charge in [-0.3, -0.25) is 0 Å². The van der Waals surface area contributed by atoms with Crippen LogP contribution in [0.15, 0.2) is 33.5 Å². The van der Waals surface area contributed by atoms with Gasteiger partial charge >= 0.3 is 11.7 Å². The third-order valence-corrected chi connectivity index (χ3v) is 2.48. The van der Waals surface area contributed by atoms with Crippen molar-refractivity contribution in [3.05, 3.63) is 40.2 Å². The Balaban J connectivity index is 2.37. The van der Waals surface area contributed by atoms with Crippen molar-refractivity contribution in [1.29, 1.82) is 0 Å². The Morgan fingerprint density at radius 2 is 2.11 bits per heavy atom. The zero-order chi connectivity index (χ0) is 13.1. The van der Waals surface area contributed by atoms with Gasteiger partial charge in [-0.25, -0.2) is 9.59 Å². The number of amides is 1. The van der Waals surface area contributed by atoms with Crippen LogP contribution in [0.5, 0.6) is 5.75 Å². The number of aromatic hydroxyl groups is 1. The van der Waals surface area contributed by atoms with Crippen LogP contribution in [0.2, 0.25) is 0 Å². The Kier molecular flexibility index (Phi) is 3.18. The van der Waals surface area contributed by atoms with Gasteiger partial charge in [0.05, 0.1) is 0 Å². The summed E-state index contributed by atoms with van der Waals surface area (Å²) in [5, 5.41) is 20.7. The molecule has 6 heteroatoms. The molecule has 0 aliphatic carbocycles. The van der Waals surface area contributed by atoms with Gasteiger partial charge in [0.25, 0.3) is 0 Å². The van der Waals surface area contributed by atoms with Crippen LogP contribution >= 0.6 is 0 Å². The van der Waals surface area contributed by atoms with Crippen LogP contribution in [0.25, 0.3) is 11.0 Å². The molecule has 0 fully saturated rings. The van der Waals surface area contributed by atoms with Crippen molar-refractivity contribution in [2.24, 2.45) is 0 Å². The molecule has 0 bridgehead atoms. The zero-order valence-corrected chi connectivity index (χ0v) is 9.34. The van der Waals surface area contributed by atoms with Crippen molar-refractivity contribution in [1.82, 2.24) is 5.32 Å². The smallest absolute Gasteiger partial charge is 0.404 e. The van der Waals surface area contributed by atoms with E-state index < -0.39 is 11.7 Å². The molecule has 0 saturated carbocycles. The number of carbonyl (C=O) groups is 1. The number of benzene rings is 1. The molecule has 1 heterocycles. The Hall–Kier alpha value is -2.50. The van der Waals surface area contributed by atoms with Crippen molar-refractivity contribution in [2.45, 2.75) is 6.42 Å². The van der Waals surface area contributed by atoms with Gasteiger partial charge in [-0.15, -0.1) is 0 Å². The first kappa shape index (κ1) is 12.0. The molecule has 1 amide bonds. The molecule has 2 aromatic rings. The normalized spacial score (nSPS) is 10.4. The molecule has 94 valence electrons. The standard InChI is InChI=1S/C12H11NO5/c14-8-1-2-9-7(3-4-13-12(16)17)5-11(15)18-10(9)6-8/h1-2,5-6,13-14H,3-4H2,(H,16,17). The van der Waals surface area contributed by atoms with E-state index in [4.69, 9.17) is 9.52 Å². The SMILES string of the molecule is O=C(O)NCCc1cc(=O)oc2cc(O)ccc12. The van der Waals surface area contributed by atoms with Gasteiger partial charge in [-0.1, -0.05) is 0 Å². The quantitative estimate of drug-likeness (QED) is 0.712. The third-order valence-electron chi connectivity index (χ3n) is 2.48. The molecule has 0 radical (unpaired) electrons. The summed E-state index contributed by atoms with van der Waals surface area (Å²) in [4.78, 5) is 21.7. The molecule has 0 aliphatic heterocycles. The fourth-order valence-electron chi connectivity index (χ4n) is 1.73. The summed E-state index contributed by atoms with van der Waals surface area (Å²) >= 11 is 0. The van der Waals surface area contributed by atoms with E-state index in [1.54, 1.807) is 6.07 Å². The van der Waals surface area contributed by atoms with Crippen LogP contribution < -0.4 is 10.9 Å². The largest absolute Gasteiger partial charge is 0.508 e. The fraction of sp³-hybridized carbons (Fsp3) is 0.167. The number of phenolic OH excluding ortho intramolecular Hbond substituents is 1. The van der Waals surface area contributed by atoms with Crippen molar-refractivity contribution in [2.75, 3.05) is 6.54 Å². The molecule has 0 aliphatic rings. The van der Waals surface area contributed by atoms with Crippen LogP contribution in [-0.4, -0.2) is 22.9 Å². The van der Waals surface area contributed by atoms with Gasteiger partial charge in [-0.2, -0.15) is 0 Å². The first-order chi connectivity index (χ1) is 8.56. The van der Waals surface area contributed by atoms with E-state index in [0.29, 0.717) is 17.4 Å². The molecule has 0 spiro atoms. The van der Waals surface area contributed by atoms with E-state index in [-0.39, 0.29) is 17.9 Å². The molecule has 0 unspecified atom stereocenters. The first-order valence-corrected chi connectivity index (χ1v) is 5.29. The van der Waals surface area contributed by atoms with Crippen LogP contribution in [0.1, 0.15) is 5.56 Å². The van der Waals surface area contributed by atoms with E-state index in [2.05, 4.69) is 5.32 Å². The van der Waals surface area contributed by atoms with Crippen molar-refractivity contribution in [3.63, 3.8) is 0 Å². The lowest BCUT2D eigenvalue weighted by Gasteiger charge is -2.05. The summed E-state index contributed by atoms with van der Waals surface area (Å²) in [5.74, 6) is 0.00598. The molecule has 18 heavy (non-hydrogen) atoms. The van der Waals surface area contributed by atoms with Gasteiger partial charge in [0.15, 0.2) is 0 Å². The van der Waals surface area contributed by atoms with E-state index in [1.165, 1.54) is 18.2 Å². The van der Waals surface area contributed by atoms with E-state index in [9.17, 15) is 14.7 Å². The number of rotatable bonds is 3. The van der Waals surface area contributed by atoms with Gasteiger partial charge in [0.2, 0.25) is 0 Å². The van der Waals surface area contributed by atoms with Crippen molar-refractivity contribution < 1.29 is 19.4 Å². The second-order valence-corrected chi connectivity index (χ2v) is 3.75. The van der Waals surface area contributed by atoms with Crippen LogP contribution in [0, 0.1) is 0 Å². The predicted molar refractivity (Wildman–Crippen MR) is 63.9 cm³/mol. The molecule has 0 atom stereocenters. The molecular formula is C12H11NO5. The van der Waals surface area contributed by atoms with Gasteiger partial charge in [0.1, 0.15) is 11.3 Å². The Bertz CT molecular complexity index is 646. The minimum Gasteiger partial charge on any atom is -0.508 e. The summed E-state index contributed by atoms with van der Waals surface area (Å²) in [6, 6.07) is 5.79. The number of hydrogen-bond donors (Lipinski definition) is 3. The van der Waals surface area contributed by atoms with E-state index in [1.807, 2.05) is 0 Å². The average Bonchev–Trinajstić information content (AvgIpc) is 2.27. The maximum Gasteiger partial charge on any atom is 0.404 e. The number of nitrogens with one attached hydrogen (secondary N) is 1. The highest BCUT2D eigenvalue weighted by atomic mass is 16.4. The van der Waals surface area contributed by atoms with Gasteiger partial charge in [-0.05, 0) is 24.1 Å². The molecule has 2 rings (SSSR count). The number of carboxylic acid groups (broad SMARTS) is 1. The van der Waals surface area contributed by atoms with E-state index in [0.717, 1.165) is 0 Å². The lowest BCUT2D eigenvalue weighted by atomic mass is 10.1. The Morgan fingerprint density at radius 3 is 2.83 bits per heavy atom. The average molecular weight is 249 g/mol. The highest BCUT2D eigenvalue weighted by molar-refractivity contribution is 5.81. The van der Waals surface area contributed by atoms with Gasteiger partial charge in [0, 0.05) is 24.1 Å². The fourth-order valence-corrected chi connectivity index (χ4v) is 1.73. The number of hydrogen-bond acceptors (Lipinski definition) is 4. The molecule has 6 nitrogen and oxygen atoms in total. The summed E-state index contributed by atoms with van der Waals surface area (Å²) < 4.78 is 4.96. The monoisotopic (exact) mass is 249 g/mol. The lowest BCUT2D eigenvalue weighted by molar-refractivity contribution is 0.194. The van der Waals surface area contributed by atoms with E-state index >= 15 is 0 Å². The van der Waals surface area contributed by atoms with Crippen molar-refractivity contribution >= 4 is 17.1 Å². The lowest BCUT2D eigenvalue weighted by Crippen LogP contribution is -2.23. The molecular weight excluding hydrogens is 238 g/mol. The highest BCUT2D eigenvalue weighted by Crippen LogP contribution is 2.21.